The maximum Gasteiger partial charge on any atom is 0.333 e. The Bertz CT molecular complexity index is 3710. The predicted molar refractivity (Wildman–Crippen MR) is 450 cm³/mol. The lowest BCUT2D eigenvalue weighted by Crippen LogP contribution is -2.65. The van der Waals surface area contributed by atoms with E-state index in [4.69, 9.17) is 71.2 Å². The number of nitrogens with one attached hydrogen (secondary N) is 4. The van der Waals surface area contributed by atoms with E-state index in [1.54, 1.807) is 0 Å². The molecular weight excluding hydrogens is 1860 g/mol. The molecule has 27 N–H and O–H groups in total. The van der Waals surface area contributed by atoms with Crippen LogP contribution in [0.3, 0.4) is 0 Å². The molecule has 8 aliphatic heterocycles. The molecule has 0 aliphatic carbocycles. The SMILES string of the molecule is C[C@@H]1O[C@@H](OCCCC(=O)CCCCCNC(=O)[C@H](CCC(=O)NCCO[C@H]2O[C@H](CO[C@H]3O[C@H](CO)[C@@H](O)[C@H](O)[C@@H]3O)[C@@H](O)[C@H](O[C@H]3O[C@H](CO)[C@@H](O)[C@H](O)[C@@H]3O)[C@@H]2O)CC(=O)CN(CC(=O)NCCCCCC(=O)CCCO[C@H]2O[C@H](CO[C@H]3O[C@H](CO)[C@@H](O)[C@H](O)[C@@H]3O)[C@@H](O)[C@H](O[C@H]3O[C@H](CO)[C@@H](O)[C@H](O)[C@@H]3O)[C@@H]2O)CC(=O)NCCCCCC(=O)ON2C(=O)CCC2=O)[C@@H](O)[C@H](O)[C@@H]1O. The van der Waals surface area contributed by atoms with Crippen LogP contribution < -0.4 is 21.3 Å². The molecule has 8 aliphatic rings. The molecule has 54 heteroatoms. The molecule has 0 radical (unpaired) electrons. The highest BCUT2D eigenvalue weighted by Gasteiger charge is 2.56. The third kappa shape index (κ3) is 34.6. The van der Waals surface area contributed by atoms with Gasteiger partial charge in [-0.15, -0.1) is 5.06 Å². The van der Waals surface area contributed by atoms with Crippen molar-refractivity contribution in [1.29, 1.82) is 0 Å². The van der Waals surface area contributed by atoms with Gasteiger partial charge in [-0.25, -0.2) is 4.79 Å². The van der Waals surface area contributed by atoms with Crippen LogP contribution in [0.25, 0.3) is 0 Å². The lowest BCUT2D eigenvalue weighted by Gasteiger charge is -2.46. The molecule has 54 nitrogen and oxygen atoms in total. The maximum absolute atomic E-state index is 14.4. The number of Topliss-reactive ketones (excluding diaryl/α,β-unsaturated/α-hetero) is 3. The molecule has 0 bridgehead atoms. The molecule has 0 unspecified atom stereocenters. The van der Waals surface area contributed by atoms with Crippen LogP contribution in [0.4, 0.5) is 0 Å². The molecule has 0 saturated carbocycles. The third-order valence-electron chi connectivity index (χ3n) is 24.6. The van der Waals surface area contributed by atoms with Crippen molar-refractivity contribution in [2.24, 2.45) is 5.92 Å². The summed E-state index contributed by atoms with van der Waals surface area (Å²) in [5.41, 5.74) is 0. The molecule has 36 atom stereocenters. The molecule has 794 valence electrons. The Morgan fingerprint density at radius 2 is 0.688 bits per heavy atom. The second-order valence-electron chi connectivity index (χ2n) is 35.2. The highest BCUT2D eigenvalue weighted by molar-refractivity contribution is 6.01. The Morgan fingerprint density at radius 1 is 0.341 bits per heavy atom. The van der Waals surface area contributed by atoms with Crippen LogP contribution in [-0.4, -0.2) is 506 Å². The number of imide groups is 1. The van der Waals surface area contributed by atoms with E-state index in [1.807, 2.05) is 0 Å². The first-order valence-corrected chi connectivity index (χ1v) is 46.5. The van der Waals surface area contributed by atoms with Gasteiger partial charge in [0.1, 0.15) is 182 Å². The van der Waals surface area contributed by atoms with Crippen LogP contribution in [0.1, 0.15) is 142 Å². The summed E-state index contributed by atoms with van der Waals surface area (Å²) in [4.78, 5) is 138. The Hall–Kier alpha value is -6.02. The summed E-state index contributed by atoms with van der Waals surface area (Å²) in [6, 6.07) is 0. The van der Waals surface area contributed by atoms with Gasteiger partial charge >= 0.3 is 5.97 Å². The van der Waals surface area contributed by atoms with Gasteiger partial charge in [-0.1, -0.05) is 19.3 Å². The van der Waals surface area contributed by atoms with Gasteiger partial charge in [-0.2, -0.15) is 0 Å². The van der Waals surface area contributed by atoms with Crippen LogP contribution in [0.2, 0.25) is 0 Å². The van der Waals surface area contributed by atoms with E-state index >= 15 is 0 Å². The fourth-order valence-corrected chi connectivity index (χ4v) is 16.3. The second kappa shape index (κ2) is 58.8. The zero-order valence-corrected chi connectivity index (χ0v) is 76.3. The predicted octanol–water partition coefficient (Wildman–Crippen LogP) is -14.1. The molecule has 6 amide bonds. The molecule has 0 spiro atoms. The number of rotatable bonds is 59. The summed E-state index contributed by atoms with van der Waals surface area (Å²) in [7, 11) is 0. The number of nitrogens with zero attached hydrogens (tertiary/aromatic N) is 2. The fourth-order valence-electron chi connectivity index (χ4n) is 16.3. The van der Waals surface area contributed by atoms with Crippen molar-refractivity contribution in [3.8, 4) is 0 Å². The van der Waals surface area contributed by atoms with E-state index in [9.17, 15) is 165 Å². The normalized spacial score (nSPS) is 36.0. The average molecular weight is 2000 g/mol. The molecule has 8 saturated heterocycles. The van der Waals surface area contributed by atoms with Crippen molar-refractivity contribution < 1.29 is 237 Å². The Labute approximate surface area is 791 Å². The molecule has 8 heterocycles. The standard InChI is InChI=1S/C84H140N6O48/c1-39-56(104)63(111)68(116)78(129-39)124-26-11-15-42(96)14-6-3-10-24-88-77(123)40(18-19-50(98)87-25-28-126-82-74(122)76(137-84-72(120)67(115)60(108)47(36-94)133-84)62(110)49(135-82)38-128-80-70(118)65(113)58(106)45(34-92)131-80)29-43(97)30-89(32-52(100)86-23-9-4-7-17-55(103)138-90-53(101)20-21-54(90)102)31-51(99)85-22-8-2-5-13-41(95)16-12-27-125-81-73(121)75(136-83-71(119)66(114)59(107)46(35-93)132-83)61(109)48(134-81)37-127-79-69(117)64(112)57(105)44(33-91)130-79/h39-40,44-49,56-76,78-84,91-94,104-122H,2-38H2,1H3,(H,85,99)(H,86,100)(H,87,98)(H,88,123)/t39-,40+,44+,45+,46+,47+,48+,49+,56+,57+,58+,59+,60+,61+,62+,63+,64-,65-,66-,67-,68-,69-,70-,71-,72-,73-,74-,75-,76-,78+,79-,80-,81-,82-,83+,84+/m0/s1. The summed E-state index contributed by atoms with van der Waals surface area (Å²) in [5.74, 6) is -7.27. The number of ketones is 3. The first-order chi connectivity index (χ1) is 65.7. The lowest BCUT2D eigenvalue weighted by atomic mass is 9.95. The smallest absolute Gasteiger partial charge is 0.333 e. The Kier molecular flexibility index (Phi) is 50.0. The van der Waals surface area contributed by atoms with Gasteiger partial charge in [0.2, 0.25) is 23.6 Å². The minimum absolute atomic E-state index is 0.0180. The van der Waals surface area contributed by atoms with Crippen molar-refractivity contribution in [1.82, 2.24) is 31.2 Å². The minimum atomic E-state index is -2.06. The summed E-state index contributed by atoms with van der Waals surface area (Å²) >= 11 is 0. The van der Waals surface area contributed by atoms with Gasteiger partial charge in [0.25, 0.3) is 11.8 Å². The van der Waals surface area contributed by atoms with Crippen LogP contribution in [0, 0.1) is 5.92 Å². The van der Waals surface area contributed by atoms with Crippen LogP contribution in [-0.2, 0) is 119 Å². The van der Waals surface area contributed by atoms with Gasteiger partial charge < -0.3 is 210 Å². The number of aliphatic hydroxyl groups is 23. The van der Waals surface area contributed by atoms with E-state index in [0.29, 0.717) is 56.4 Å². The zero-order chi connectivity index (χ0) is 101. The molecule has 0 aromatic carbocycles. The van der Waals surface area contributed by atoms with Gasteiger partial charge in [-0.3, -0.25) is 48.1 Å². The number of ether oxygens (including phenoxy) is 14. The average Bonchev–Trinajstić information content (AvgIpc) is 1.01. The number of unbranched alkanes of at least 4 members (excludes halogenated alkanes) is 6. The third-order valence-corrected chi connectivity index (χ3v) is 24.6. The van der Waals surface area contributed by atoms with E-state index < -0.39 is 347 Å². The maximum atomic E-state index is 14.4. The molecule has 0 aromatic heterocycles. The highest BCUT2D eigenvalue weighted by atomic mass is 16.8. The monoisotopic (exact) mass is 2000 g/mol. The molecule has 0 aromatic rings. The highest BCUT2D eigenvalue weighted by Crippen LogP contribution is 2.35. The van der Waals surface area contributed by atoms with Crippen LogP contribution >= 0.6 is 0 Å². The molecule has 8 fully saturated rings. The molecule has 8 rings (SSSR count). The summed E-state index contributed by atoms with van der Waals surface area (Å²) in [6.45, 7) is -6.34. The second-order valence-corrected chi connectivity index (χ2v) is 35.2. The topological polar surface area (TPSA) is 829 Å². The van der Waals surface area contributed by atoms with Gasteiger partial charge in [0.15, 0.2) is 44.0 Å². The number of hydrogen-bond donors (Lipinski definition) is 27. The minimum Gasteiger partial charge on any atom is -0.394 e. The number of hydrogen-bond acceptors (Lipinski definition) is 49. The van der Waals surface area contributed by atoms with Gasteiger partial charge in [0.05, 0.1) is 85.2 Å². The van der Waals surface area contributed by atoms with Gasteiger partial charge in [0, 0.05) is 89.9 Å². The fraction of sp³-hybridized carbons (Fsp3) is 0.881. The van der Waals surface area contributed by atoms with Crippen molar-refractivity contribution in [3.63, 3.8) is 0 Å². The number of carbonyl (C=O) groups excluding carboxylic acids is 10. The Morgan fingerprint density at radius 3 is 1.11 bits per heavy atom. The lowest BCUT2D eigenvalue weighted by molar-refractivity contribution is -0.366. The summed E-state index contributed by atoms with van der Waals surface area (Å²) in [5, 5.41) is 252. The quantitative estimate of drug-likeness (QED) is 0.0199. The zero-order valence-electron chi connectivity index (χ0n) is 76.3. The first-order valence-electron chi connectivity index (χ1n) is 46.5. The van der Waals surface area contributed by atoms with Crippen LogP contribution in [0.15, 0.2) is 0 Å². The van der Waals surface area contributed by atoms with E-state index in [1.165, 1.54) is 11.8 Å². The van der Waals surface area contributed by atoms with Crippen LogP contribution in [0.5, 0.6) is 0 Å². The van der Waals surface area contributed by atoms with Crippen molar-refractivity contribution >= 4 is 58.8 Å². The number of amides is 6. The first kappa shape index (κ1) is 117. The van der Waals surface area contributed by atoms with E-state index in [2.05, 4.69) is 21.3 Å². The molecule has 138 heavy (non-hydrogen) atoms. The largest absolute Gasteiger partial charge is 0.394 e. The summed E-state index contributed by atoms with van der Waals surface area (Å²) in [6.07, 6.45) is -59.1. The van der Waals surface area contributed by atoms with Gasteiger partial charge in [-0.05, 0) is 64.7 Å². The molecular formula is C84H140N6O48. The van der Waals surface area contributed by atoms with Crippen molar-refractivity contribution in [2.75, 3.05) is 105 Å². The number of hydroxylamine groups is 2. The van der Waals surface area contributed by atoms with Crippen molar-refractivity contribution in [3.05, 3.63) is 0 Å². The summed E-state index contributed by atoms with van der Waals surface area (Å²) < 4.78 is 78.6. The number of aliphatic hydroxyl groups excluding tert-OH is 23. The van der Waals surface area contributed by atoms with Crippen molar-refractivity contribution in [2.45, 2.75) is 357 Å². The number of carbonyl (C=O) groups is 10. The van der Waals surface area contributed by atoms with E-state index in [-0.39, 0.29) is 122 Å². The Balaban J connectivity index is 0.864. The van der Waals surface area contributed by atoms with E-state index in [0.717, 1.165) is 0 Å².